The minimum atomic E-state index is -5.61. The van der Waals surface area contributed by atoms with E-state index in [0.29, 0.717) is 11.8 Å². The molecule has 0 aromatic rings. The summed E-state index contributed by atoms with van der Waals surface area (Å²) in [4.78, 5) is 22.1. The second-order valence-electron chi connectivity index (χ2n) is 7.44. The van der Waals surface area contributed by atoms with Crippen molar-refractivity contribution in [1.29, 1.82) is 0 Å². The molecule has 0 N–H and O–H groups in total. The zero-order chi connectivity index (χ0) is 17.9. The molecular weight excluding hydrogens is 332 g/mol. The zero-order valence-electron chi connectivity index (χ0n) is 13.2. The van der Waals surface area contributed by atoms with E-state index in [-0.39, 0.29) is 18.3 Å². The van der Waals surface area contributed by atoms with Gasteiger partial charge in [0.25, 0.3) is 0 Å². The van der Waals surface area contributed by atoms with Gasteiger partial charge < -0.3 is 14.6 Å². The van der Waals surface area contributed by atoms with E-state index in [1.54, 1.807) is 6.92 Å². The molecule has 136 valence electrons. The number of hydrogen-bond donors (Lipinski definition) is 0. The second kappa shape index (κ2) is 5.33. The molecule has 0 saturated heterocycles. The molecule has 0 amide bonds. The number of esters is 1. The van der Waals surface area contributed by atoms with Gasteiger partial charge in [0.1, 0.15) is 11.6 Å². The molecule has 0 aromatic carbocycles. The molecular formula is C16H19F4O4-. The van der Waals surface area contributed by atoms with E-state index in [9.17, 15) is 32.3 Å². The van der Waals surface area contributed by atoms with Crippen LogP contribution in [0.1, 0.15) is 45.4 Å². The Bertz CT molecular complexity index is 532. The Morgan fingerprint density at radius 1 is 1.00 bits per heavy atom. The fourth-order valence-corrected chi connectivity index (χ4v) is 5.29. The van der Waals surface area contributed by atoms with Crippen LogP contribution in [0.5, 0.6) is 0 Å². The normalized spacial score (nSPS) is 38.2. The Hall–Kier alpha value is -1.34. The van der Waals surface area contributed by atoms with E-state index in [1.807, 2.05) is 0 Å². The summed E-state index contributed by atoms with van der Waals surface area (Å²) in [5.74, 6) is -16.1. The Labute approximate surface area is 136 Å². The minimum Gasteiger partial charge on any atom is -0.544 e. The van der Waals surface area contributed by atoms with Crippen LogP contribution >= 0.6 is 0 Å². The van der Waals surface area contributed by atoms with E-state index < -0.39 is 29.4 Å². The topological polar surface area (TPSA) is 66.4 Å². The van der Waals surface area contributed by atoms with Crippen LogP contribution < -0.4 is 5.11 Å². The molecule has 0 radical (unpaired) electrons. The number of carboxylic acids is 1. The number of rotatable bonds is 5. The summed E-state index contributed by atoms with van der Waals surface area (Å²) in [7, 11) is 0. The van der Waals surface area contributed by atoms with Crippen molar-refractivity contribution in [3.8, 4) is 0 Å². The van der Waals surface area contributed by atoms with E-state index in [1.165, 1.54) is 0 Å². The van der Waals surface area contributed by atoms with Gasteiger partial charge >= 0.3 is 17.8 Å². The number of carbonyl (C=O) groups excluding carboxylic acids is 2. The van der Waals surface area contributed by atoms with Gasteiger partial charge in [0.05, 0.1) is 0 Å². The molecule has 0 aromatic heterocycles. The maximum absolute atomic E-state index is 13.7. The lowest BCUT2D eigenvalue weighted by molar-refractivity contribution is -0.348. The first-order valence-corrected chi connectivity index (χ1v) is 8.25. The summed E-state index contributed by atoms with van der Waals surface area (Å²) in [5, 5.41) is 10.3. The third kappa shape index (κ3) is 2.24. The summed E-state index contributed by atoms with van der Waals surface area (Å²) in [5.41, 5.74) is -1.20. The molecule has 0 atom stereocenters. The summed E-state index contributed by atoms with van der Waals surface area (Å²) in [6.45, 7) is 1.69. The number of carboxylic acid groups (broad SMARTS) is 1. The van der Waals surface area contributed by atoms with Crippen molar-refractivity contribution in [2.45, 2.75) is 62.9 Å². The summed E-state index contributed by atoms with van der Waals surface area (Å²) < 4.78 is 58.9. The van der Waals surface area contributed by atoms with Crippen LogP contribution in [-0.2, 0) is 14.3 Å². The van der Waals surface area contributed by atoms with Gasteiger partial charge in [-0.15, -0.1) is 0 Å². The average molecular weight is 351 g/mol. The molecule has 8 heteroatoms. The second-order valence-corrected chi connectivity index (χ2v) is 7.44. The molecule has 0 heterocycles. The molecule has 24 heavy (non-hydrogen) atoms. The van der Waals surface area contributed by atoms with Gasteiger partial charge in [0.15, 0.2) is 0 Å². The first kappa shape index (κ1) is 17.5. The van der Waals surface area contributed by atoms with Gasteiger partial charge in [0, 0.05) is 0 Å². The lowest BCUT2D eigenvalue weighted by atomic mass is 9.49. The lowest BCUT2D eigenvalue weighted by Crippen LogP contribution is -2.63. The van der Waals surface area contributed by atoms with Crippen LogP contribution in [0.4, 0.5) is 17.6 Å². The smallest absolute Gasteiger partial charge is 0.410 e. The Kier molecular flexibility index (Phi) is 3.88. The summed E-state index contributed by atoms with van der Waals surface area (Å²) >= 11 is 0. The van der Waals surface area contributed by atoms with E-state index in [2.05, 4.69) is 0 Å². The van der Waals surface area contributed by atoms with Crippen molar-refractivity contribution >= 4 is 11.9 Å². The van der Waals surface area contributed by atoms with Crippen molar-refractivity contribution in [2.24, 2.45) is 23.7 Å². The molecule has 0 unspecified atom stereocenters. The largest absolute Gasteiger partial charge is 0.544 e. The number of ether oxygens (including phenoxy) is 1. The highest BCUT2D eigenvalue weighted by Crippen LogP contribution is 2.61. The van der Waals surface area contributed by atoms with Gasteiger partial charge in [-0.05, 0) is 62.2 Å². The quantitative estimate of drug-likeness (QED) is 0.562. The Morgan fingerprint density at radius 2 is 1.46 bits per heavy atom. The average Bonchev–Trinajstić information content (AvgIpc) is 2.49. The monoisotopic (exact) mass is 351 g/mol. The molecule has 4 aliphatic rings. The van der Waals surface area contributed by atoms with Gasteiger partial charge in [-0.3, -0.25) is 0 Å². The predicted octanol–water partition coefficient (Wildman–Crippen LogP) is 2.16. The molecule has 4 fully saturated rings. The van der Waals surface area contributed by atoms with Crippen LogP contribution in [0.3, 0.4) is 0 Å². The Morgan fingerprint density at radius 3 is 1.83 bits per heavy atom. The highest BCUT2D eigenvalue weighted by Gasteiger charge is 2.67. The minimum absolute atomic E-state index is 0.130. The van der Waals surface area contributed by atoms with Gasteiger partial charge in [-0.25, -0.2) is 4.79 Å². The molecule has 4 bridgehead atoms. The van der Waals surface area contributed by atoms with Gasteiger partial charge in [-0.2, -0.15) is 17.6 Å². The maximum atomic E-state index is 13.7. The van der Waals surface area contributed by atoms with Crippen molar-refractivity contribution < 1.29 is 37.0 Å². The van der Waals surface area contributed by atoms with Crippen molar-refractivity contribution in [3.63, 3.8) is 0 Å². The first-order chi connectivity index (χ1) is 11.0. The molecule has 4 aliphatic carbocycles. The lowest BCUT2D eigenvalue weighted by Gasteiger charge is -2.60. The molecule has 4 rings (SSSR count). The highest BCUT2D eigenvalue weighted by molar-refractivity contribution is 5.88. The fraction of sp³-hybridized carbons (Fsp3) is 0.875. The third-order valence-corrected chi connectivity index (χ3v) is 6.26. The Balaban J connectivity index is 1.86. The maximum Gasteiger partial charge on any atom is 0.410 e. The van der Waals surface area contributed by atoms with E-state index in [4.69, 9.17) is 4.74 Å². The van der Waals surface area contributed by atoms with Crippen LogP contribution in [0.2, 0.25) is 0 Å². The summed E-state index contributed by atoms with van der Waals surface area (Å²) in [6, 6.07) is 0. The van der Waals surface area contributed by atoms with Crippen molar-refractivity contribution in [1.82, 2.24) is 0 Å². The number of carbonyl (C=O) groups is 2. The molecule has 0 spiro atoms. The standard InChI is InChI=1S/C16H20F4O4/c1-2-14(10-4-8-3-9(6-10)7-11(14)5-8)24-13(23)16(19,20)15(17,18)12(21)22/h8-11H,2-7H2,1H3,(H,21,22)/p-1. The van der Waals surface area contributed by atoms with Gasteiger partial charge in [-0.1, -0.05) is 6.92 Å². The SMILES string of the molecule is CCC1(OC(=O)C(F)(F)C(F)(F)C(=O)[O-])C2CC3CC(C2)CC1C3. The van der Waals surface area contributed by atoms with Gasteiger partial charge in [0.2, 0.25) is 0 Å². The number of halogens is 4. The van der Waals surface area contributed by atoms with Crippen molar-refractivity contribution in [2.75, 3.05) is 0 Å². The fourth-order valence-electron chi connectivity index (χ4n) is 5.29. The van der Waals surface area contributed by atoms with Crippen molar-refractivity contribution in [3.05, 3.63) is 0 Å². The van der Waals surface area contributed by atoms with E-state index >= 15 is 0 Å². The molecule has 4 saturated carbocycles. The zero-order valence-corrected chi connectivity index (χ0v) is 13.2. The first-order valence-electron chi connectivity index (χ1n) is 8.25. The highest BCUT2D eigenvalue weighted by atomic mass is 19.3. The molecule has 4 nitrogen and oxygen atoms in total. The summed E-state index contributed by atoms with van der Waals surface area (Å²) in [6.07, 6.45) is 4.26. The molecule has 0 aliphatic heterocycles. The predicted molar refractivity (Wildman–Crippen MR) is 71.1 cm³/mol. The van der Waals surface area contributed by atoms with Crippen LogP contribution in [0.25, 0.3) is 0 Å². The van der Waals surface area contributed by atoms with Crippen LogP contribution in [0, 0.1) is 23.7 Å². The van der Waals surface area contributed by atoms with Crippen LogP contribution in [0.15, 0.2) is 0 Å². The van der Waals surface area contributed by atoms with E-state index in [0.717, 1.165) is 32.1 Å². The number of aliphatic carboxylic acids is 1. The number of alkyl halides is 4. The third-order valence-electron chi connectivity index (χ3n) is 6.26. The van der Waals surface area contributed by atoms with Crippen LogP contribution in [-0.4, -0.2) is 29.4 Å². The number of hydrogen-bond acceptors (Lipinski definition) is 4.